The van der Waals surface area contributed by atoms with Gasteiger partial charge in [0.15, 0.2) is 0 Å². The zero-order valence-corrected chi connectivity index (χ0v) is 10.8. The lowest BCUT2D eigenvalue weighted by molar-refractivity contribution is 1.41. The zero-order valence-electron chi connectivity index (χ0n) is 10.0. The monoisotopic (exact) mass is 253 g/mol. The molecule has 0 aromatic heterocycles. The van der Waals surface area contributed by atoms with Crippen molar-refractivity contribution < 1.29 is 0 Å². The second-order valence-electron chi connectivity index (χ2n) is 3.78. The van der Waals surface area contributed by atoms with Gasteiger partial charge in [-0.3, -0.25) is 0 Å². The predicted octanol–water partition coefficient (Wildman–Crippen LogP) is 4.40. The molecule has 0 aliphatic heterocycles. The number of halogens is 1. The van der Waals surface area contributed by atoms with Gasteiger partial charge in [0, 0.05) is 10.6 Å². The van der Waals surface area contributed by atoms with Gasteiger partial charge in [-0.1, -0.05) is 41.8 Å². The Bertz CT molecular complexity index is 619. The van der Waals surface area contributed by atoms with Crippen LogP contribution in [0.5, 0.6) is 0 Å². The molecule has 0 saturated carbocycles. The number of rotatable bonds is 1. The predicted molar refractivity (Wildman–Crippen MR) is 77.7 cm³/mol. The summed E-state index contributed by atoms with van der Waals surface area (Å²) < 4.78 is 0. The van der Waals surface area contributed by atoms with Gasteiger partial charge in [0.1, 0.15) is 0 Å². The minimum absolute atomic E-state index is 0.723. The van der Waals surface area contributed by atoms with Gasteiger partial charge in [-0.25, -0.2) is 4.99 Å². The minimum atomic E-state index is 0.723. The fourth-order valence-corrected chi connectivity index (χ4v) is 1.64. The van der Waals surface area contributed by atoms with Gasteiger partial charge in [0.25, 0.3) is 0 Å². The minimum Gasteiger partial charge on any atom is -0.248 e. The summed E-state index contributed by atoms with van der Waals surface area (Å²) in [5.41, 5.74) is 2.80. The largest absolute Gasteiger partial charge is 0.248 e. The van der Waals surface area contributed by atoms with Crippen molar-refractivity contribution in [3.63, 3.8) is 0 Å². The number of hydrogen-bond donors (Lipinski definition) is 0. The first kappa shape index (κ1) is 12.4. The summed E-state index contributed by atoms with van der Waals surface area (Å²) in [5.74, 6) is 5.93. The van der Waals surface area contributed by atoms with Crippen LogP contribution in [0.2, 0.25) is 5.02 Å². The zero-order chi connectivity index (χ0) is 12.8. The Morgan fingerprint density at radius 1 is 1.06 bits per heavy atom. The third-order valence-electron chi connectivity index (χ3n) is 2.50. The molecule has 0 aliphatic carbocycles. The van der Waals surface area contributed by atoms with E-state index in [1.807, 2.05) is 55.5 Å². The standard InChI is InChI=1S/C16H12ClN/c1-13-15(17)10-5-11-16(13)18-12-6-9-14-7-3-2-4-8-14/h2-5,7-8,10-12H,1H3. The van der Waals surface area contributed by atoms with E-state index in [2.05, 4.69) is 16.8 Å². The molecule has 0 bridgehead atoms. The van der Waals surface area contributed by atoms with E-state index in [0.717, 1.165) is 21.8 Å². The van der Waals surface area contributed by atoms with Crippen LogP contribution in [0, 0.1) is 18.8 Å². The lowest BCUT2D eigenvalue weighted by Crippen LogP contribution is -1.77. The molecule has 0 amide bonds. The number of benzene rings is 2. The molecule has 0 radical (unpaired) electrons. The van der Waals surface area contributed by atoms with Crippen molar-refractivity contribution in [2.24, 2.45) is 4.99 Å². The summed E-state index contributed by atoms with van der Waals surface area (Å²) in [6.07, 6.45) is 1.60. The first-order chi connectivity index (χ1) is 8.77. The molecule has 0 aliphatic rings. The van der Waals surface area contributed by atoms with Gasteiger partial charge >= 0.3 is 0 Å². The smallest absolute Gasteiger partial charge is 0.0777 e. The van der Waals surface area contributed by atoms with Crippen molar-refractivity contribution in [2.75, 3.05) is 0 Å². The van der Waals surface area contributed by atoms with Crippen molar-refractivity contribution in [2.45, 2.75) is 6.92 Å². The molecule has 88 valence electrons. The average Bonchev–Trinajstić information content (AvgIpc) is 2.40. The fraction of sp³-hybridized carbons (Fsp3) is 0.0625. The topological polar surface area (TPSA) is 12.4 Å². The highest BCUT2D eigenvalue weighted by Crippen LogP contribution is 2.24. The van der Waals surface area contributed by atoms with E-state index in [4.69, 9.17) is 11.6 Å². The first-order valence-electron chi connectivity index (χ1n) is 5.61. The molecular formula is C16H12ClN. The summed E-state index contributed by atoms with van der Waals surface area (Å²) in [6, 6.07) is 15.5. The molecule has 0 N–H and O–H groups in total. The summed E-state index contributed by atoms with van der Waals surface area (Å²) in [5, 5.41) is 0.723. The maximum atomic E-state index is 6.01. The lowest BCUT2D eigenvalue weighted by atomic mass is 10.2. The van der Waals surface area contributed by atoms with E-state index in [9.17, 15) is 0 Å². The molecule has 0 fully saturated rings. The fourth-order valence-electron chi connectivity index (χ4n) is 1.47. The van der Waals surface area contributed by atoms with E-state index in [1.54, 1.807) is 6.21 Å². The van der Waals surface area contributed by atoms with Gasteiger partial charge in [-0.15, -0.1) is 0 Å². The lowest BCUT2D eigenvalue weighted by Gasteiger charge is -1.99. The van der Waals surface area contributed by atoms with E-state index in [-0.39, 0.29) is 0 Å². The molecule has 2 aromatic rings. The Balaban J connectivity index is 2.13. The number of hydrogen-bond acceptors (Lipinski definition) is 1. The van der Waals surface area contributed by atoms with Gasteiger partial charge in [0.2, 0.25) is 0 Å². The van der Waals surface area contributed by atoms with Crippen molar-refractivity contribution in [1.29, 1.82) is 0 Å². The Morgan fingerprint density at radius 3 is 2.61 bits per heavy atom. The second-order valence-corrected chi connectivity index (χ2v) is 4.18. The summed E-state index contributed by atoms with van der Waals surface area (Å²) in [6.45, 7) is 1.94. The van der Waals surface area contributed by atoms with Crippen molar-refractivity contribution in [3.05, 3.63) is 64.7 Å². The first-order valence-corrected chi connectivity index (χ1v) is 5.99. The molecule has 2 aromatic carbocycles. The Labute approximate surface area is 112 Å². The van der Waals surface area contributed by atoms with Gasteiger partial charge in [-0.05, 0) is 42.7 Å². The van der Waals surface area contributed by atoms with Crippen molar-refractivity contribution in [3.8, 4) is 11.8 Å². The van der Waals surface area contributed by atoms with E-state index in [0.29, 0.717) is 0 Å². The molecule has 0 spiro atoms. The molecular weight excluding hydrogens is 242 g/mol. The molecule has 1 nitrogen and oxygen atoms in total. The highest BCUT2D eigenvalue weighted by atomic mass is 35.5. The Morgan fingerprint density at radius 2 is 1.83 bits per heavy atom. The third-order valence-corrected chi connectivity index (χ3v) is 2.91. The SMILES string of the molecule is Cc1c(Cl)cccc1N=CC#Cc1ccccc1. The highest BCUT2D eigenvalue weighted by molar-refractivity contribution is 6.31. The van der Waals surface area contributed by atoms with E-state index < -0.39 is 0 Å². The molecule has 0 unspecified atom stereocenters. The van der Waals surface area contributed by atoms with Crippen LogP contribution in [-0.4, -0.2) is 6.21 Å². The average molecular weight is 254 g/mol. The summed E-state index contributed by atoms with van der Waals surface area (Å²) in [4.78, 5) is 4.30. The van der Waals surface area contributed by atoms with Crippen molar-refractivity contribution >= 4 is 23.5 Å². The van der Waals surface area contributed by atoms with Crippen LogP contribution in [0.15, 0.2) is 53.5 Å². The van der Waals surface area contributed by atoms with Crippen LogP contribution in [0.1, 0.15) is 11.1 Å². The molecule has 0 heterocycles. The van der Waals surface area contributed by atoms with Crippen LogP contribution in [0.25, 0.3) is 0 Å². The Kier molecular flexibility index (Phi) is 4.17. The highest BCUT2D eigenvalue weighted by Gasteiger charge is 1.98. The van der Waals surface area contributed by atoms with Crippen LogP contribution in [0.3, 0.4) is 0 Å². The number of aliphatic imine (C=N–C) groups is 1. The van der Waals surface area contributed by atoms with E-state index in [1.165, 1.54) is 0 Å². The quantitative estimate of drug-likeness (QED) is 0.528. The molecule has 0 atom stereocenters. The molecule has 2 rings (SSSR count). The van der Waals surface area contributed by atoms with Crippen LogP contribution in [-0.2, 0) is 0 Å². The van der Waals surface area contributed by atoms with Crippen LogP contribution in [0.4, 0.5) is 5.69 Å². The molecule has 18 heavy (non-hydrogen) atoms. The van der Waals surface area contributed by atoms with Gasteiger partial charge in [0.05, 0.1) is 11.9 Å². The van der Waals surface area contributed by atoms with Gasteiger partial charge < -0.3 is 0 Å². The Hall–Kier alpha value is -2.04. The van der Waals surface area contributed by atoms with E-state index >= 15 is 0 Å². The normalized spacial score (nSPS) is 10.1. The summed E-state index contributed by atoms with van der Waals surface area (Å²) in [7, 11) is 0. The third kappa shape index (κ3) is 3.23. The number of nitrogens with zero attached hydrogens (tertiary/aromatic N) is 1. The maximum absolute atomic E-state index is 6.01. The van der Waals surface area contributed by atoms with Gasteiger partial charge in [-0.2, -0.15) is 0 Å². The molecule has 2 heteroatoms. The maximum Gasteiger partial charge on any atom is 0.0777 e. The molecule has 0 saturated heterocycles. The second kappa shape index (κ2) is 6.05. The van der Waals surface area contributed by atoms with Crippen LogP contribution >= 0.6 is 11.6 Å². The van der Waals surface area contributed by atoms with Crippen LogP contribution < -0.4 is 0 Å². The van der Waals surface area contributed by atoms with Crippen molar-refractivity contribution in [1.82, 2.24) is 0 Å². The summed E-state index contributed by atoms with van der Waals surface area (Å²) >= 11 is 6.01.